The third kappa shape index (κ3) is 5.39. The van der Waals surface area contributed by atoms with Gasteiger partial charge in [0.2, 0.25) is 12.7 Å². The quantitative estimate of drug-likeness (QED) is 0.597. The van der Waals surface area contributed by atoms with E-state index in [1.165, 1.54) is 4.88 Å². The van der Waals surface area contributed by atoms with E-state index in [9.17, 15) is 9.59 Å². The Morgan fingerprint density at radius 1 is 1.15 bits per heavy atom. The third-order valence-electron chi connectivity index (χ3n) is 3.49. The second kappa shape index (κ2) is 9.29. The van der Waals surface area contributed by atoms with Gasteiger partial charge in [-0.25, -0.2) is 0 Å². The highest BCUT2D eigenvalue weighted by atomic mass is 79.9. The average molecular weight is 457 g/mol. The van der Waals surface area contributed by atoms with Crippen LogP contribution >= 0.6 is 39.0 Å². The van der Waals surface area contributed by atoms with Crippen LogP contribution in [0.1, 0.15) is 15.2 Å². The third-order valence-corrected chi connectivity index (χ3v) is 6.30. The van der Waals surface area contributed by atoms with Crippen LogP contribution in [0.15, 0.2) is 34.1 Å². The molecule has 2 amide bonds. The molecular weight excluding hydrogens is 440 g/mol. The molecule has 2 N–H and O–H groups in total. The Balaban J connectivity index is 1.31. The summed E-state index contributed by atoms with van der Waals surface area (Å²) in [4.78, 5) is 25.2. The number of amides is 2. The van der Waals surface area contributed by atoms with E-state index in [2.05, 4.69) is 32.6 Å². The van der Waals surface area contributed by atoms with Crippen LogP contribution in [-0.4, -0.2) is 37.4 Å². The number of carbonyl (C=O) groups excluding carboxylic acids is 2. The van der Waals surface area contributed by atoms with Gasteiger partial charge in [-0.3, -0.25) is 9.59 Å². The van der Waals surface area contributed by atoms with Crippen molar-refractivity contribution in [2.45, 2.75) is 5.75 Å². The molecule has 0 aliphatic carbocycles. The van der Waals surface area contributed by atoms with Crippen LogP contribution in [0.3, 0.4) is 0 Å². The molecule has 3 rings (SSSR count). The number of nitrogens with one attached hydrogen (secondary N) is 2. The summed E-state index contributed by atoms with van der Waals surface area (Å²) in [5.41, 5.74) is 0.430. The zero-order valence-electron chi connectivity index (χ0n) is 13.7. The zero-order valence-corrected chi connectivity index (χ0v) is 17.0. The number of carbonyl (C=O) groups is 2. The lowest BCUT2D eigenvalue weighted by Crippen LogP contribution is -2.37. The largest absolute Gasteiger partial charge is 0.454 e. The monoisotopic (exact) mass is 456 g/mol. The molecule has 1 aliphatic rings. The first-order valence-corrected chi connectivity index (χ1v) is 10.6. The standard InChI is InChI=1S/C17H17BrN2O4S2/c18-15-4-2-12(26-15)9-25-6-5-19-16(21)8-20-17(22)11-1-3-13-14(7-11)24-10-23-13/h1-4,7H,5-6,8-10H2,(H,19,21)(H,20,22). The molecule has 2 aromatic rings. The Hall–Kier alpha value is -1.71. The predicted octanol–water partition coefficient (Wildman–Crippen LogP) is 3.02. The number of benzene rings is 1. The minimum Gasteiger partial charge on any atom is -0.454 e. The maximum atomic E-state index is 12.1. The van der Waals surface area contributed by atoms with Gasteiger partial charge in [-0.2, -0.15) is 11.8 Å². The molecule has 1 aromatic heterocycles. The maximum Gasteiger partial charge on any atom is 0.251 e. The first-order chi connectivity index (χ1) is 12.6. The number of thiophene rings is 1. The molecule has 26 heavy (non-hydrogen) atoms. The van der Waals surface area contributed by atoms with Crippen LogP contribution in [0.25, 0.3) is 0 Å². The van der Waals surface area contributed by atoms with Crippen LogP contribution in [0.4, 0.5) is 0 Å². The smallest absolute Gasteiger partial charge is 0.251 e. The summed E-state index contributed by atoms with van der Waals surface area (Å²) in [5, 5.41) is 5.40. The molecule has 0 atom stereocenters. The van der Waals surface area contributed by atoms with Crippen molar-refractivity contribution < 1.29 is 19.1 Å². The molecule has 138 valence electrons. The van der Waals surface area contributed by atoms with Gasteiger partial charge >= 0.3 is 0 Å². The van der Waals surface area contributed by atoms with Crippen molar-refractivity contribution in [3.63, 3.8) is 0 Å². The van der Waals surface area contributed by atoms with Gasteiger partial charge in [0.1, 0.15) is 0 Å². The molecule has 0 spiro atoms. The van der Waals surface area contributed by atoms with Crippen LogP contribution < -0.4 is 20.1 Å². The van der Waals surface area contributed by atoms with Crippen molar-refractivity contribution in [1.29, 1.82) is 0 Å². The van der Waals surface area contributed by atoms with Crippen LogP contribution in [0, 0.1) is 0 Å². The molecular formula is C17H17BrN2O4S2. The van der Waals surface area contributed by atoms with E-state index in [0.29, 0.717) is 23.6 Å². The van der Waals surface area contributed by atoms with Gasteiger partial charge in [0.15, 0.2) is 11.5 Å². The normalized spacial score (nSPS) is 12.0. The number of hydrogen-bond donors (Lipinski definition) is 2. The van der Waals surface area contributed by atoms with Crippen molar-refractivity contribution in [3.8, 4) is 11.5 Å². The molecule has 0 unspecified atom stereocenters. The number of fused-ring (bicyclic) bond motifs is 1. The van der Waals surface area contributed by atoms with E-state index >= 15 is 0 Å². The fourth-order valence-electron chi connectivity index (χ4n) is 2.23. The Kier molecular flexibility index (Phi) is 6.81. The number of hydrogen-bond acceptors (Lipinski definition) is 6. The summed E-state index contributed by atoms with van der Waals surface area (Å²) in [6, 6.07) is 9.05. The van der Waals surface area contributed by atoms with E-state index in [4.69, 9.17) is 9.47 Å². The minimum absolute atomic E-state index is 0.0597. The highest BCUT2D eigenvalue weighted by Crippen LogP contribution is 2.32. The lowest BCUT2D eigenvalue weighted by atomic mass is 10.2. The summed E-state index contributed by atoms with van der Waals surface area (Å²) in [6.45, 7) is 0.663. The molecule has 0 radical (unpaired) electrons. The van der Waals surface area contributed by atoms with Crippen molar-refractivity contribution in [2.24, 2.45) is 0 Å². The van der Waals surface area contributed by atoms with Crippen molar-refractivity contribution in [3.05, 3.63) is 44.6 Å². The Morgan fingerprint density at radius 2 is 2.00 bits per heavy atom. The van der Waals surface area contributed by atoms with Gasteiger partial charge in [-0.15, -0.1) is 11.3 Å². The number of rotatable bonds is 8. The number of thioether (sulfide) groups is 1. The Bertz CT molecular complexity index is 797. The molecule has 1 aliphatic heterocycles. The molecule has 0 saturated carbocycles. The molecule has 1 aromatic carbocycles. The van der Waals surface area contributed by atoms with Gasteiger partial charge in [0.25, 0.3) is 5.91 Å². The average Bonchev–Trinajstić information content (AvgIpc) is 3.27. The SMILES string of the molecule is O=C(CNC(=O)c1ccc2c(c1)OCO2)NCCSCc1ccc(Br)s1. The highest BCUT2D eigenvalue weighted by Gasteiger charge is 2.16. The fraction of sp³-hybridized carbons (Fsp3) is 0.294. The number of ether oxygens (including phenoxy) is 2. The lowest BCUT2D eigenvalue weighted by molar-refractivity contribution is -0.120. The Morgan fingerprint density at radius 3 is 2.81 bits per heavy atom. The number of halogens is 1. The lowest BCUT2D eigenvalue weighted by Gasteiger charge is -2.07. The van der Waals surface area contributed by atoms with Crippen LogP contribution in [0.2, 0.25) is 0 Å². The van der Waals surface area contributed by atoms with Gasteiger partial charge in [0, 0.05) is 28.5 Å². The van der Waals surface area contributed by atoms with Gasteiger partial charge < -0.3 is 20.1 Å². The fourth-order valence-corrected chi connectivity index (χ4v) is 4.68. The topological polar surface area (TPSA) is 76.7 Å². The summed E-state index contributed by atoms with van der Waals surface area (Å²) < 4.78 is 11.6. The van der Waals surface area contributed by atoms with E-state index in [1.54, 1.807) is 41.3 Å². The summed E-state index contributed by atoms with van der Waals surface area (Å²) in [6.07, 6.45) is 0. The highest BCUT2D eigenvalue weighted by molar-refractivity contribution is 9.11. The minimum atomic E-state index is -0.323. The van der Waals surface area contributed by atoms with Gasteiger partial charge in [-0.1, -0.05) is 0 Å². The van der Waals surface area contributed by atoms with E-state index in [1.807, 2.05) is 6.07 Å². The second-order valence-electron chi connectivity index (χ2n) is 5.36. The Labute approximate surface area is 167 Å². The summed E-state index contributed by atoms with van der Waals surface area (Å²) in [7, 11) is 0. The van der Waals surface area contributed by atoms with Gasteiger partial charge in [0.05, 0.1) is 10.3 Å². The van der Waals surface area contributed by atoms with Crippen molar-refractivity contribution in [2.75, 3.05) is 25.6 Å². The summed E-state index contributed by atoms with van der Waals surface area (Å²) in [5.74, 6) is 2.36. The first kappa shape index (κ1) is 19.1. The first-order valence-electron chi connectivity index (χ1n) is 7.88. The zero-order chi connectivity index (χ0) is 18.4. The van der Waals surface area contributed by atoms with Crippen molar-refractivity contribution in [1.82, 2.24) is 10.6 Å². The van der Waals surface area contributed by atoms with E-state index < -0.39 is 0 Å². The van der Waals surface area contributed by atoms with Crippen molar-refractivity contribution >= 4 is 50.8 Å². The molecule has 2 heterocycles. The molecule has 0 bridgehead atoms. The van der Waals surface area contributed by atoms with E-state index in [0.717, 1.165) is 15.3 Å². The van der Waals surface area contributed by atoms with Crippen LogP contribution in [0.5, 0.6) is 11.5 Å². The maximum absolute atomic E-state index is 12.1. The van der Waals surface area contributed by atoms with Gasteiger partial charge in [-0.05, 0) is 46.3 Å². The molecule has 9 heteroatoms. The molecule has 0 saturated heterocycles. The van der Waals surface area contributed by atoms with E-state index in [-0.39, 0.29) is 25.2 Å². The predicted molar refractivity (Wildman–Crippen MR) is 106 cm³/mol. The second-order valence-corrected chi connectivity index (χ2v) is 9.01. The van der Waals surface area contributed by atoms with Crippen LogP contribution in [-0.2, 0) is 10.5 Å². The summed E-state index contributed by atoms with van der Waals surface area (Å²) >= 11 is 6.91. The molecule has 0 fully saturated rings. The molecule has 6 nitrogen and oxygen atoms in total.